The first-order valence-electron chi connectivity index (χ1n) is 6.57. The molecule has 6 heteroatoms. The summed E-state index contributed by atoms with van der Waals surface area (Å²) in [4.78, 5) is 26.0. The Bertz CT molecular complexity index is 669. The average molecular weight is 304 g/mol. The number of carbonyl (C=O) groups excluding carboxylic acids is 2. The lowest BCUT2D eigenvalue weighted by Crippen LogP contribution is -2.44. The van der Waals surface area contributed by atoms with Gasteiger partial charge in [0.1, 0.15) is 0 Å². The van der Waals surface area contributed by atoms with Gasteiger partial charge in [-0.15, -0.1) is 6.58 Å². The van der Waals surface area contributed by atoms with Crippen molar-refractivity contribution in [1.82, 2.24) is 15.5 Å². The highest BCUT2D eigenvalue weighted by molar-refractivity contribution is 6.31. The highest BCUT2D eigenvalue weighted by Gasteiger charge is 2.40. The van der Waals surface area contributed by atoms with E-state index in [9.17, 15) is 9.59 Å². The molecule has 5 nitrogen and oxygen atoms in total. The Balaban J connectivity index is 2.03. The van der Waals surface area contributed by atoms with E-state index in [1.807, 2.05) is 18.2 Å². The van der Waals surface area contributed by atoms with Gasteiger partial charge in [0.25, 0.3) is 5.91 Å². The number of nitrogens with one attached hydrogen (secondary N) is 2. The minimum Gasteiger partial charge on any atom is -0.329 e. The number of benzene rings is 1. The molecule has 0 aromatic heterocycles. The fourth-order valence-corrected chi connectivity index (χ4v) is 2.92. The molecule has 3 amide bonds. The van der Waals surface area contributed by atoms with Gasteiger partial charge in [-0.1, -0.05) is 35.9 Å². The molecule has 1 aromatic rings. The summed E-state index contributed by atoms with van der Waals surface area (Å²) >= 11 is 6.21. The minimum absolute atomic E-state index is 0.109. The summed E-state index contributed by atoms with van der Waals surface area (Å²) in [7, 11) is 0. The molecule has 3 rings (SSSR count). The molecule has 21 heavy (non-hydrogen) atoms. The first-order valence-corrected chi connectivity index (χ1v) is 6.94. The second-order valence-corrected chi connectivity index (χ2v) is 5.33. The molecule has 1 atom stereocenters. The molecular formula is C15H14ClN3O2. The molecule has 2 aliphatic heterocycles. The molecule has 2 aliphatic rings. The van der Waals surface area contributed by atoms with Gasteiger partial charge < -0.3 is 15.5 Å². The molecule has 2 heterocycles. The van der Waals surface area contributed by atoms with Crippen molar-refractivity contribution in [1.29, 1.82) is 0 Å². The Hall–Kier alpha value is -2.27. The minimum atomic E-state index is -0.523. The number of carbonyl (C=O) groups is 2. The summed E-state index contributed by atoms with van der Waals surface area (Å²) in [5, 5.41) is 6.00. The van der Waals surface area contributed by atoms with E-state index >= 15 is 0 Å². The SMILES string of the molecule is C=CCN1CC2=C(C1=O)[C@H](c1ccccc1Cl)NC(=O)N2. The molecule has 0 saturated carbocycles. The molecular weight excluding hydrogens is 290 g/mol. The Morgan fingerprint density at radius 3 is 2.86 bits per heavy atom. The standard InChI is InChI=1S/C15H14ClN3O2/c1-2-7-19-8-11-12(14(19)20)13(18-15(21)17-11)9-5-3-4-6-10(9)16/h2-6,13H,1,7-8H2,(H2,17,18,21)/t13-/m0/s1. The fourth-order valence-electron chi connectivity index (χ4n) is 2.67. The molecule has 2 N–H and O–H groups in total. The molecule has 0 fully saturated rings. The van der Waals surface area contributed by atoms with Crippen LogP contribution in [0, 0.1) is 0 Å². The maximum atomic E-state index is 12.5. The summed E-state index contributed by atoms with van der Waals surface area (Å²) in [6.07, 6.45) is 1.66. The first-order chi connectivity index (χ1) is 10.1. The smallest absolute Gasteiger partial charge is 0.319 e. The third-order valence-corrected chi connectivity index (χ3v) is 3.93. The van der Waals surface area contributed by atoms with Crippen LogP contribution in [0.15, 0.2) is 48.2 Å². The number of halogens is 1. The molecule has 0 saturated heterocycles. The summed E-state index contributed by atoms with van der Waals surface area (Å²) in [5.41, 5.74) is 1.90. The Morgan fingerprint density at radius 1 is 1.38 bits per heavy atom. The van der Waals surface area contributed by atoms with Crippen LogP contribution in [-0.2, 0) is 4.79 Å². The van der Waals surface area contributed by atoms with E-state index in [0.29, 0.717) is 29.4 Å². The van der Waals surface area contributed by atoms with Crippen molar-refractivity contribution in [3.05, 3.63) is 58.8 Å². The molecule has 1 aromatic carbocycles. The van der Waals surface area contributed by atoms with E-state index in [1.165, 1.54) is 0 Å². The van der Waals surface area contributed by atoms with E-state index < -0.39 is 6.04 Å². The highest BCUT2D eigenvalue weighted by atomic mass is 35.5. The highest BCUT2D eigenvalue weighted by Crippen LogP contribution is 2.35. The zero-order valence-electron chi connectivity index (χ0n) is 11.2. The van der Waals surface area contributed by atoms with Crippen molar-refractivity contribution in [2.45, 2.75) is 6.04 Å². The predicted molar refractivity (Wildman–Crippen MR) is 79.7 cm³/mol. The molecule has 0 spiro atoms. The van der Waals surface area contributed by atoms with E-state index in [4.69, 9.17) is 11.6 Å². The zero-order valence-corrected chi connectivity index (χ0v) is 12.0. The van der Waals surface area contributed by atoms with Crippen LogP contribution in [0.2, 0.25) is 5.02 Å². The lowest BCUT2D eigenvalue weighted by atomic mass is 9.96. The van der Waals surface area contributed by atoms with Crippen LogP contribution >= 0.6 is 11.6 Å². The Morgan fingerprint density at radius 2 is 2.14 bits per heavy atom. The molecule has 108 valence electrons. The molecule has 0 radical (unpaired) electrons. The topological polar surface area (TPSA) is 61.4 Å². The van der Waals surface area contributed by atoms with Gasteiger partial charge in [-0.25, -0.2) is 4.79 Å². The van der Waals surface area contributed by atoms with E-state index in [2.05, 4.69) is 17.2 Å². The van der Waals surface area contributed by atoms with Gasteiger partial charge in [0.2, 0.25) is 0 Å². The number of nitrogens with zero attached hydrogens (tertiary/aromatic N) is 1. The van der Waals surface area contributed by atoms with Crippen molar-refractivity contribution in [3.63, 3.8) is 0 Å². The van der Waals surface area contributed by atoms with Crippen molar-refractivity contribution in [2.75, 3.05) is 13.1 Å². The second-order valence-electron chi connectivity index (χ2n) is 4.92. The van der Waals surface area contributed by atoms with E-state index in [0.717, 1.165) is 5.56 Å². The van der Waals surface area contributed by atoms with Crippen molar-refractivity contribution < 1.29 is 9.59 Å². The van der Waals surface area contributed by atoms with E-state index in [-0.39, 0.29) is 11.9 Å². The average Bonchev–Trinajstić information content (AvgIpc) is 2.75. The maximum Gasteiger partial charge on any atom is 0.319 e. The normalized spacial score (nSPS) is 21.0. The molecule has 0 aliphatic carbocycles. The number of hydrogen-bond acceptors (Lipinski definition) is 2. The van der Waals surface area contributed by atoms with Crippen LogP contribution in [-0.4, -0.2) is 29.9 Å². The Labute approximate surface area is 127 Å². The Kier molecular flexibility index (Phi) is 3.43. The van der Waals surface area contributed by atoms with Crippen LogP contribution in [0.3, 0.4) is 0 Å². The number of amides is 3. The fraction of sp³-hybridized carbons (Fsp3) is 0.200. The lowest BCUT2D eigenvalue weighted by molar-refractivity contribution is -0.125. The zero-order chi connectivity index (χ0) is 15.0. The van der Waals surface area contributed by atoms with Gasteiger partial charge in [-0.3, -0.25) is 4.79 Å². The van der Waals surface area contributed by atoms with Gasteiger partial charge in [0.05, 0.1) is 23.9 Å². The van der Waals surface area contributed by atoms with Gasteiger partial charge in [0, 0.05) is 11.6 Å². The summed E-state index contributed by atoms with van der Waals surface area (Å²) in [5.74, 6) is -0.109. The van der Waals surface area contributed by atoms with Crippen LogP contribution in [0.25, 0.3) is 0 Å². The van der Waals surface area contributed by atoms with Crippen LogP contribution in [0.1, 0.15) is 11.6 Å². The number of rotatable bonds is 3. The molecule has 0 unspecified atom stereocenters. The third kappa shape index (κ3) is 2.29. The maximum absolute atomic E-state index is 12.5. The van der Waals surface area contributed by atoms with Crippen molar-refractivity contribution in [3.8, 4) is 0 Å². The van der Waals surface area contributed by atoms with Crippen molar-refractivity contribution in [2.24, 2.45) is 0 Å². The summed E-state index contributed by atoms with van der Waals surface area (Å²) in [6, 6.07) is 6.34. The largest absolute Gasteiger partial charge is 0.329 e. The monoisotopic (exact) mass is 303 g/mol. The van der Waals surface area contributed by atoms with E-state index in [1.54, 1.807) is 17.0 Å². The summed E-state index contributed by atoms with van der Waals surface area (Å²) < 4.78 is 0. The van der Waals surface area contributed by atoms with Crippen molar-refractivity contribution >= 4 is 23.5 Å². The van der Waals surface area contributed by atoms with Crippen LogP contribution in [0.4, 0.5) is 4.79 Å². The number of urea groups is 1. The summed E-state index contributed by atoms with van der Waals surface area (Å²) in [6.45, 7) is 4.47. The second kappa shape index (κ2) is 5.26. The predicted octanol–water partition coefficient (Wildman–Crippen LogP) is 1.98. The van der Waals surface area contributed by atoms with Gasteiger partial charge in [-0.05, 0) is 11.6 Å². The third-order valence-electron chi connectivity index (χ3n) is 3.59. The van der Waals surface area contributed by atoms with Crippen LogP contribution < -0.4 is 10.6 Å². The molecule has 0 bridgehead atoms. The van der Waals surface area contributed by atoms with Gasteiger partial charge in [-0.2, -0.15) is 0 Å². The first kappa shape index (κ1) is 13.7. The van der Waals surface area contributed by atoms with Gasteiger partial charge >= 0.3 is 6.03 Å². The lowest BCUT2D eigenvalue weighted by Gasteiger charge is -2.26. The quantitative estimate of drug-likeness (QED) is 0.839. The van der Waals surface area contributed by atoms with Gasteiger partial charge in [0.15, 0.2) is 0 Å². The number of hydrogen-bond donors (Lipinski definition) is 2. The van der Waals surface area contributed by atoms with Crippen LogP contribution in [0.5, 0.6) is 0 Å².